The summed E-state index contributed by atoms with van der Waals surface area (Å²) in [5.41, 5.74) is 2.53. The maximum atomic E-state index is 5.28. The number of ether oxygens (including phenoxy) is 2. The number of hydrogen-bond donors (Lipinski definition) is 0. The molecule has 0 spiro atoms. The smallest absolute Gasteiger partial charge is 0.118 e. The van der Waals surface area contributed by atoms with Gasteiger partial charge in [-0.1, -0.05) is 42.5 Å². The van der Waals surface area contributed by atoms with Crippen LogP contribution < -0.4 is 9.47 Å². The molecule has 0 amide bonds. The fourth-order valence-electron chi connectivity index (χ4n) is 2.53. The predicted octanol–water partition coefficient (Wildman–Crippen LogP) is 5.59. The van der Waals surface area contributed by atoms with E-state index in [0.29, 0.717) is 0 Å². The molecule has 0 radical (unpaired) electrons. The molecule has 0 heterocycles. The highest BCUT2D eigenvalue weighted by molar-refractivity contribution is 7.99. The van der Waals surface area contributed by atoms with Crippen molar-refractivity contribution in [2.75, 3.05) is 14.2 Å². The number of methoxy groups -OCH3 is 2. The molecule has 0 aliphatic rings. The molecule has 0 aliphatic heterocycles. The van der Waals surface area contributed by atoms with Gasteiger partial charge in [0.25, 0.3) is 0 Å². The number of thioether (sulfide) groups is 1. The van der Waals surface area contributed by atoms with Crippen LogP contribution in [-0.2, 0) is 0 Å². The van der Waals surface area contributed by atoms with Gasteiger partial charge in [0.1, 0.15) is 11.5 Å². The molecule has 24 heavy (non-hydrogen) atoms. The van der Waals surface area contributed by atoms with Crippen LogP contribution in [0.4, 0.5) is 0 Å². The Morgan fingerprint density at radius 2 is 1.12 bits per heavy atom. The van der Waals surface area contributed by atoms with Crippen molar-refractivity contribution in [3.8, 4) is 11.5 Å². The van der Waals surface area contributed by atoms with Crippen molar-refractivity contribution in [2.45, 2.75) is 10.1 Å². The van der Waals surface area contributed by atoms with Gasteiger partial charge in [-0.3, -0.25) is 0 Å². The van der Waals surface area contributed by atoms with Crippen LogP contribution in [0.25, 0.3) is 0 Å². The summed E-state index contributed by atoms with van der Waals surface area (Å²) >= 11 is 1.83. The molecular formula is C21H20O2S. The van der Waals surface area contributed by atoms with E-state index in [1.807, 2.05) is 42.1 Å². The molecule has 3 rings (SSSR count). The van der Waals surface area contributed by atoms with Gasteiger partial charge in [-0.25, -0.2) is 0 Å². The van der Waals surface area contributed by atoms with E-state index in [0.717, 1.165) is 11.5 Å². The Morgan fingerprint density at radius 1 is 0.625 bits per heavy atom. The Hall–Kier alpha value is -2.39. The van der Waals surface area contributed by atoms with E-state index in [1.165, 1.54) is 16.0 Å². The van der Waals surface area contributed by atoms with Gasteiger partial charge >= 0.3 is 0 Å². The van der Waals surface area contributed by atoms with Crippen LogP contribution in [0.2, 0.25) is 0 Å². The molecule has 0 N–H and O–H groups in total. The third-order valence-corrected chi connectivity index (χ3v) is 5.16. The lowest BCUT2D eigenvalue weighted by Gasteiger charge is -2.18. The van der Waals surface area contributed by atoms with E-state index in [1.54, 1.807) is 14.2 Å². The molecule has 1 unspecified atom stereocenters. The largest absolute Gasteiger partial charge is 0.497 e. The van der Waals surface area contributed by atoms with E-state index < -0.39 is 0 Å². The Balaban J connectivity index is 1.91. The Bertz CT molecular complexity index is 752. The molecule has 2 nitrogen and oxygen atoms in total. The Labute approximate surface area is 147 Å². The summed E-state index contributed by atoms with van der Waals surface area (Å²) in [6.07, 6.45) is 0. The molecule has 122 valence electrons. The van der Waals surface area contributed by atoms with Crippen molar-refractivity contribution in [3.05, 3.63) is 90.0 Å². The summed E-state index contributed by atoms with van der Waals surface area (Å²) in [4.78, 5) is 1.21. The first-order valence-electron chi connectivity index (χ1n) is 7.80. The SMILES string of the molecule is COc1ccc(SC(c2ccccc2)c2ccc(OC)cc2)cc1. The van der Waals surface area contributed by atoms with Crippen molar-refractivity contribution in [1.82, 2.24) is 0 Å². The first-order chi connectivity index (χ1) is 11.8. The molecule has 3 aromatic carbocycles. The summed E-state index contributed by atoms with van der Waals surface area (Å²) in [7, 11) is 3.38. The first kappa shape index (κ1) is 16.5. The second kappa shape index (κ2) is 7.93. The lowest BCUT2D eigenvalue weighted by Crippen LogP contribution is -1.97. The Morgan fingerprint density at radius 3 is 1.67 bits per heavy atom. The zero-order chi connectivity index (χ0) is 16.8. The van der Waals surface area contributed by atoms with Crippen molar-refractivity contribution >= 4 is 11.8 Å². The Kier molecular flexibility index (Phi) is 5.44. The van der Waals surface area contributed by atoms with Crippen molar-refractivity contribution in [1.29, 1.82) is 0 Å². The highest BCUT2D eigenvalue weighted by Crippen LogP contribution is 2.41. The molecule has 1 atom stereocenters. The fourth-order valence-corrected chi connectivity index (χ4v) is 3.68. The lowest BCUT2D eigenvalue weighted by molar-refractivity contribution is 0.414. The second-order valence-corrected chi connectivity index (χ2v) is 6.54. The van der Waals surface area contributed by atoms with Crippen LogP contribution >= 0.6 is 11.8 Å². The van der Waals surface area contributed by atoms with Crippen LogP contribution in [0.15, 0.2) is 83.8 Å². The first-order valence-corrected chi connectivity index (χ1v) is 8.67. The average Bonchev–Trinajstić information content (AvgIpc) is 2.67. The highest BCUT2D eigenvalue weighted by atomic mass is 32.2. The number of hydrogen-bond acceptors (Lipinski definition) is 3. The summed E-state index contributed by atoms with van der Waals surface area (Å²) in [5, 5.41) is 0.227. The lowest BCUT2D eigenvalue weighted by atomic mass is 10.0. The van der Waals surface area contributed by atoms with Crippen LogP contribution in [-0.4, -0.2) is 14.2 Å². The summed E-state index contributed by atoms with van der Waals surface area (Å²) < 4.78 is 10.5. The topological polar surface area (TPSA) is 18.5 Å². The van der Waals surface area contributed by atoms with Gasteiger partial charge in [-0.15, -0.1) is 11.8 Å². The monoisotopic (exact) mass is 336 g/mol. The maximum Gasteiger partial charge on any atom is 0.118 e. The fraction of sp³-hybridized carbons (Fsp3) is 0.143. The van der Waals surface area contributed by atoms with Gasteiger partial charge in [0, 0.05) is 4.90 Å². The third kappa shape index (κ3) is 3.92. The average molecular weight is 336 g/mol. The molecule has 3 aromatic rings. The van der Waals surface area contributed by atoms with Crippen molar-refractivity contribution in [2.24, 2.45) is 0 Å². The molecule has 0 aliphatic carbocycles. The zero-order valence-electron chi connectivity index (χ0n) is 13.8. The van der Waals surface area contributed by atoms with Gasteiger partial charge < -0.3 is 9.47 Å². The molecule has 0 bridgehead atoms. The van der Waals surface area contributed by atoms with Crippen molar-refractivity contribution < 1.29 is 9.47 Å². The molecule has 0 saturated carbocycles. The van der Waals surface area contributed by atoms with Gasteiger partial charge in [-0.05, 0) is 47.5 Å². The number of benzene rings is 3. The van der Waals surface area contributed by atoms with E-state index >= 15 is 0 Å². The summed E-state index contributed by atoms with van der Waals surface area (Å²) in [5.74, 6) is 1.75. The van der Waals surface area contributed by atoms with E-state index in [-0.39, 0.29) is 5.25 Å². The molecule has 0 saturated heterocycles. The second-order valence-electron chi connectivity index (χ2n) is 5.36. The maximum absolute atomic E-state index is 5.28. The molecule has 0 aromatic heterocycles. The van der Waals surface area contributed by atoms with Crippen LogP contribution in [0.5, 0.6) is 11.5 Å². The van der Waals surface area contributed by atoms with E-state index in [4.69, 9.17) is 9.47 Å². The van der Waals surface area contributed by atoms with Crippen molar-refractivity contribution in [3.63, 3.8) is 0 Å². The quantitative estimate of drug-likeness (QED) is 0.547. The minimum atomic E-state index is 0.227. The minimum absolute atomic E-state index is 0.227. The van der Waals surface area contributed by atoms with Gasteiger partial charge in [0.05, 0.1) is 19.5 Å². The van der Waals surface area contributed by atoms with E-state index in [9.17, 15) is 0 Å². The molecular weight excluding hydrogens is 316 g/mol. The predicted molar refractivity (Wildman–Crippen MR) is 100 cm³/mol. The summed E-state index contributed by atoms with van der Waals surface area (Å²) in [6, 6.07) is 27.0. The van der Waals surface area contributed by atoms with Crippen LogP contribution in [0, 0.1) is 0 Å². The molecule has 3 heteroatoms. The summed E-state index contributed by atoms with van der Waals surface area (Å²) in [6.45, 7) is 0. The highest BCUT2D eigenvalue weighted by Gasteiger charge is 2.16. The van der Waals surface area contributed by atoms with Gasteiger partial charge in [0.2, 0.25) is 0 Å². The normalized spacial score (nSPS) is 11.8. The molecule has 0 fully saturated rings. The van der Waals surface area contributed by atoms with Gasteiger partial charge in [-0.2, -0.15) is 0 Å². The van der Waals surface area contributed by atoms with Crippen LogP contribution in [0.1, 0.15) is 16.4 Å². The standard InChI is InChI=1S/C21H20O2S/c1-22-18-10-8-17(9-11-18)21(16-6-4-3-5-7-16)24-20-14-12-19(23-2)13-15-20/h3-15,21H,1-2H3. The number of rotatable bonds is 6. The third-order valence-electron chi connectivity index (χ3n) is 3.83. The zero-order valence-corrected chi connectivity index (χ0v) is 14.6. The van der Waals surface area contributed by atoms with Crippen LogP contribution in [0.3, 0.4) is 0 Å². The van der Waals surface area contributed by atoms with Gasteiger partial charge in [0.15, 0.2) is 0 Å². The van der Waals surface area contributed by atoms with E-state index in [2.05, 4.69) is 48.5 Å². The minimum Gasteiger partial charge on any atom is -0.497 e.